The summed E-state index contributed by atoms with van der Waals surface area (Å²) in [5.41, 5.74) is 8.56. The summed E-state index contributed by atoms with van der Waals surface area (Å²) in [6, 6.07) is 0.133. The molecule has 0 aliphatic rings. The molecule has 88 valence electrons. The number of unbranched alkanes of at least 4 members (excludes halogenated alkanes) is 2. The molecular formula is C10H22BrN3Si. The zero-order valence-electron chi connectivity index (χ0n) is 10.2. The first kappa shape index (κ1) is 15.0. The Morgan fingerprint density at radius 2 is 1.93 bits per heavy atom. The second-order valence-electron chi connectivity index (χ2n) is 5.04. The summed E-state index contributed by atoms with van der Waals surface area (Å²) in [5, 5.41) is 3.93. The molecule has 0 heterocycles. The third-order valence-electron chi connectivity index (χ3n) is 2.47. The van der Waals surface area contributed by atoms with Gasteiger partial charge < -0.3 is 0 Å². The van der Waals surface area contributed by atoms with Crippen LogP contribution >= 0.6 is 15.9 Å². The fraction of sp³-hybridized carbons (Fsp3) is 1.00. The molecule has 2 atom stereocenters. The van der Waals surface area contributed by atoms with Gasteiger partial charge in [-0.2, -0.15) is 0 Å². The van der Waals surface area contributed by atoms with E-state index >= 15 is 0 Å². The third kappa shape index (κ3) is 6.23. The van der Waals surface area contributed by atoms with Crippen LogP contribution < -0.4 is 0 Å². The van der Waals surface area contributed by atoms with Crippen LogP contribution in [0.4, 0.5) is 0 Å². The lowest BCUT2D eigenvalue weighted by Crippen LogP contribution is -2.41. The van der Waals surface area contributed by atoms with Crippen LogP contribution in [0.15, 0.2) is 5.11 Å². The Labute approximate surface area is 102 Å². The van der Waals surface area contributed by atoms with Crippen molar-refractivity contribution in [2.45, 2.75) is 62.7 Å². The highest BCUT2D eigenvalue weighted by molar-refractivity contribution is 9.10. The summed E-state index contributed by atoms with van der Waals surface area (Å²) in [6.07, 6.45) is 4.61. The van der Waals surface area contributed by atoms with Gasteiger partial charge in [-0.1, -0.05) is 66.9 Å². The molecule has 0 aliphatic carbocycles. The summed E-state index contributed by atoms with van der Waals surface area (Å²) < 4.78 is 0.387. The van der Waals surface area contributed by atoms with Crippen LogP contribution in [0.2, 0.25) is 19.6 Å². The number of hydrogen-bond donors (Lipinski definition) is 0. The lowest BCUT2D eigenvalue weighted by molar-refractivity contribution is 0.579. The van der Waals surface area contributed by atoms with E-state index in [4.69, 9.17) is 5.53 Å². The van der Waals surface area contributed by atoms with Crippen LogP contribution in [-0.2, 0) is 0 Å². The lowest BCUT2D eigenvalue weighted by atomic mass is 10.1. The topological polar surface area (TPSA) is 48.8 Å². The highest BCUT2D eigenvalue weighted by Gasteiger charge is 2.30. The SMILES string of the molecule is CCCCC[C@@H](N=[N+]=[N-])[C@@H](Br)[Si](C)(C)C. The number of rotatable bonds is 7. The van der Waals surface area contributed by atoms with Gasteiger partial charge in [0.15, 0.2) is 0 Å². The summed E-state index contributed by atoms with van der Waals surface area (Å²) in [4.78, 5) is 2.97. The van der Waals surface area contributed by atoms with Crippen molar-refractivity contribution in [1.82, 2.24) is 0 Å². The van der Waals surface area contributed by atoms with E-state index in [1.165, 1.54) is 12.8 Å². The first-order chi connectivity index (χ1) is 6.93. The third-order valence-corrected chi connectivity index (χ3v) is 9.24. The van der Waals surface area contributed by atoms with Crippen molar-refractivity contribution >= 4 is 24.0 Å². The maximum absolute atomic E-state index is 8.56. The van der Waals surface area contributed by atoms with E-state index in [9.17, 15) is 0 Å². The predicted octanol–water partition coefficient (Wildman–Crippen LogP) is 4.89. The summed E-state index contributed by atoms with van der Waals surface area (Å²) in [7, 11) is -1.27. The average Bonchev–Trinajstić information content (AvgIpc) is 2.14. The van der Waals surface area contributed by atoms with Crippen LogP contribution in [0.25, 0.3) is 10.4 Å². The molecule has 0 unspecified atom stereocenters. The van der Waals surface area contributed by atoms with Crippen molar-refractivity contribution in [3.05, 3.63) is 10.4 Å². The van der Waals surface area contributed by atoms with Crippen molar-refractivity contribution in [3.63, 3.8) is 0 Å². The lowest BCUT2D eigenvalue weighted by Gasteiger charge is -2.28. The maximum Gasteiger partial charge on any atom is 0.0600 e. The molecule has 0 amide bonds. The van der Waals surface area contributed by atoms with Gasteiger partial charge in [0, 0.05) is 15.4 Å². The largest absolute Gasteiger partial charge is 0.0921 e. The average molecular weight is 292 g/mol. The Bertz CT molecular complexity index is 221. The first-order valence-electron chi connectivity index (χ1n) is 5.61. The van der Waals surface area contributed by atoms with Gasteiger partial charge in [0.1, 0.15) is 0 Å². The standard InChI is InChI=1S/C10H22BrN3Si/c1-5-6-7-8-9(13-14-12)10(11)15(2,3)4/h9-10H,5-8H2,1-4H3/t9-,10+/m1/s1. The van der Waals surface area contributed by atoms with E-state index in [0.29, 0.717) is 4.45 Å². The minimum atomic E-state index is -1.27. The van der Waals surface area contributed by atoms with Crippen LogP contribution in [-0.4, -0.2) is 18.6 Å². The second kappa shape index (κ2) is 7.31. The fourth-order valence-electron chi connectivity index (χ4n) is 1.51. The summed E-state index contributed by atoms with van der Waals surface area (Å²) in [6.45, 7) is 9.08. The number of hydrogen-bond acceptors (Lipinski definition) is 1. The van der Waals surface area contributed by atoms with Crippen LogP contribution in [0.5, 0.6) is 0 Å². The molecule has 5 heteroatoms. The highest BCUT2D eigenvalue weighted by Crippen LogP contribution is 2.25. The van der Waals surface area contributed by atoms with Gasteiger partial charge in [-0.25, -0.2) is 0 Å². The molecule has 0 aromatic carbocycles. The molecule has 0 aromatic heterocycles. The van der Waals surface area contributed by atoms with Gasteiger partial charge in [0.05, 0.1) is 8.07 Å². The predicted molar refractivity (Wildman–Crippen MR) is 73.1 cm³/mol. The van der Waals surface area contributed by atoms with Crippen LogP contribution in [0, 0.1) is 0 Å². The molecule has 0 aliphatic heterocycles. The fourth-order valence-corrected chi connectivity index (χ4v) is 3.27. The van der Waals surface area contributed by atoms with Gasteiger partial charge in [0.2, 0.25) is 0 Å². The van der Waals surface area contributed by atoms with E-state index in [1.54, 1.807) is 0 Å². The quantitative estimate of drug-likeness (QED) is 0.160. The van der Waals surface area contributed by atoms with Crippen molar-refractivity contribution in [2.24, 2.45) is 5.11 Å². The Balaban J connectivity index is 4.32. The summed E-state index contributed by atoms with van der Waals surface area (Å²) in [5.74, 6) is 0. The van der Waals surface area contributed by atoms with Gasteiger partial charge in [-0.15, -0.1) is 0 Å². The molecule has 3 nitrogen and oxygen atoms in total. The molecule has 15 heavy (non-hydrogen) atoms. The monoisotopic (exact) mass is 291 g/mol. The van der Waals surface area contributed by atoms with E-state index < -0.39 is 8.07 Å². The molecule has 0 saturated heterocycles. The van der Waals surface area contributed by atoms with Crippen molar-refractivity contribution in [2.75, 3.05) is 0 Å². The minimum Gasteiger partial charge on any atom is -0.0921 e. The second-order valence-corrected chi connectivity index (χ2v) is 12.2. The number of halogens is 1. The molecule has 0 saturated carbocycles. The van der Waals surface area contributed by atoms with Crippen LogP contribution in [0.3, 0.4) is 0 Å². The molecule has 0 radical (unpaired) electrons. The molecule has 0 fully saturated rings. The Morgan fingerprint density at radius 3 is 2.33 bits per heavy atom. The van der Waals surface area contributed by atoms with E-state index in [1.807, 2.05) is 0 Å². The van der Waals surface area contributed by atoms with Crippen molar-refractivity contribution in [3.8, 4) is 0 Å². The molecular weight excluding hydrogens is 270 g/mol. The smallest absolute Gasteiger partial charge is 0.0600 e. The highest BCUT2D eigenvalue weighted by atomic mass is 79.9. The number of nitrogens with zero attached hydrogens (tertiary/aromatic N) is 3. The normalized spacial score (nSPS) is 15.5. The van der Waals surface area contributed by atoms with Gasteiger partial charge in [-0.3, -0.25) is 0 Å². The van der Waals surface area contributed by atoms with Crippen LogP contribution in [0.1, 0.15) is 32.6 Å². The van der Waals surface area contributed by atoms with E-state index in [0.717, 1.165) is 12.8 Å². The first-order valence-corrected chi connectivity index (χ1v) is 10.1. The van der Waals surface area contributed by atoms with Crippen molar-refractivity contribution in [1.29, 1.82) is 0 Å². The molecule has 0 aromatic rings. The Morgan fingerprint density at radius 1 is 1.33 bits per heavy atom. The molecule has 0 bridgehead atoms. The zero-order chi connectivity index (χ0) is 11.9. The number of alkyl halides is 1. The van der Waals surface area contributed by atoms with E-state index in [2.05, 4.69) is 52.5 Å². The van der Waals surface area contributed by atoms with E-state index in [-0.39, 0.29) is 6.04 Å². The van der Waals surface area contributed by atoms with Gasteiger partial charge in [0.25, 0.3) is 0 Å². The van der Waals surface area contributed by atoms with Gasteiger partial charge in [-0.05, 0) is 12.0 Å². The molecule has 0 N–H and O–H groups in total. The van der Waals surface area contributed by atoms with Crippen molar-refractivity contribution < 1.29 is 0 Å². The number of azide groups is 1. The van der Waals surface area contributed by atoms with Gasteiger partial charge >= 0.3 is 0 Å². The summed E-state index contributed by atoms with van der Waals surface area (Å²) >= 11 is 3.71. The molecule has 0 spiro atoms. The molecule has 0 rings (SSSR count). The Kier molecular flexibility index (Phi) is 7.31. The minimum absolute atomic E-state index is 0.133. The maximum atomic E-state index is 8.56. The zero-order valence-corrected chi connectivity index (χ0v) is 12.8. The Hall–Kier alpha value is 0.00688.